The number of azo groups is 3. The van der Waals surface area contributed by atoms with Crippen molar-refractivity contribution in [1.82, 2.24) is 4.90 Å². The van der Waals surface area contributed by atoms with Crippen molar-refractivity contribution in [2.45, 2.75) is 16.7 Å². The van der Waals surface area contributed by atoms with Crippen molar-refractivity contribution in [1.29, 1.82) is 0 Å². The third-order valence-corrected chi connectivity index (χ3v) is 8.04. The van der Waals surface area contributed by atoms with Gasteiger partial charge in [-0.2, -0.15) is 20.5 Å². The van der Waals surface area contributed by atoms with E-state index in [0.717, 1.165) is 15.4 Å². The zero-order valence-electron chi connectivity index (χ0n) is 26.6. The molecule has 0 radical (unpaired) electrons. The molecule has 0 aliphatic carbocycles. The number of carboxylic acids is 1. The number of carbonyl (C=O) groups excluding carboxylic acids is 1. The number of aromatic carboxylic acids is 1. The summed E-state index contributed by atoms with van der Waals surface area (Å²) >= 11 is 1.54. The van der Waals surface area contributed by atoms with E-state index in [-0.39, 0.29) is 28.6 Å². The molecule has 0 saturated heterocycles. The van der Waals surface area contributed by atoms with Crippen molar-refractivity contribution in [3.8, 4) is 5.75 Å². The molecule has 0 saturated carbocycles. The Morgan fingerprint density at radius 3 is 1.69 bits per heavy atom. The van der Waals surface area contributed by atoms with Crippen LogP contribution in [0.2, 0.25) is 0 Å². The predicted octanol–water partition coefficient (Wildman–Crippen LogP) is 9.66. The van der Waals surface area contributed by atoms with Gasteiger partial charge in [-0.05, 0) is 110 Å². The number of nitrogens with zero attached hydrogens (tertiary/aromatic N) is 7. The first-order valence-electron chi connectivity index (χ1n) is 14.7. The maximum absolute atomic E-state index is 12.1. The molecule has 0 unspecified atom stereocenters. The van der Waals surface area contributed by atoms with Crippen LogP contribution in [0.15, 0.2) is 138 Å². The number of benzene rings is 5. The molecule has 0 bridgehead atoms. The van der Waals surface area contributed by atoms with E-state index >= 15 is 0 Å². The summed E-state index contributed by atoms with van der Waals surface area (Å²) in [6.07, 6.45) is 0. The molecule has 5 aromatic rings. The summed E-state index contributed by atoms with van der Waals surface area (Å²) in [4.78, 5) is 26.8. The van der Waals surface area contributed by atoms with Crippen LogP contribution in [0.25, 0.3) is 0 Å². The zero-order valence-corrected chi connectivity index (χ0v) is 27.5. The number of hydrogen-bond donors (Lipinski definition) is 4. The third kappa shape index (κ3) is 8.50. The van der Waals surface area contributed by atoms with Crippen molar-refractivity contribution >= 4 is 69.1 Å². The van der Waals surface area contributed by atoms with E-state index in [2.05, 4.69) is 30.7 Å². The number of aryl methyl sites for hydroxylation is 1. The van der Waals surface area contributed by atoms with Gasteiger partial charge < -0.3 is 26.6 Å². The van der Waals surface area contributed by atoms with Crippen LogP contribution in [-0.4, -0.2) is 41.1 Å². The molecular formula is C35H31N9O4S. The minimum absolute atomic E-state index is 0.112. The maximum atomic E-state index is 12.1. The van der Waals surface area contributed by atoms with Crippen LogP contribution in [0.5, 0.6) is 5.75 Å². The molecule has 5 rings (SSSR count). The smallest absolute Gasteiger partial charge is 0.339 e. The zero-order chi connectivity index (χ0) is 35.1. The molecule has 0 aliphatic heterocycles. The third-order valence-electron chi connectivity index (χ3n) is 7.02. The summed E-state index contributed by atoms with van der Waals surface area (Å²) in [6.45, 7) is 1.82. The molecule has 0 aliphatic rings. The first kappa shape index (κ1) is 33.9. The molecule has 49 heavy (non-hydrogen) atoms. The second kappa shape index (κ2) is 15.0. The molecule has 0 aromatic heterocycles. The first-order chi connectivity index (χ1) is 23.5. The normalized spacial score (nSPS) is 11.5. The summed E-state index contributed by atoms with van der Waals surface area (Å²) in [5.74, 6) is -1.69. The lowest BCUT2D eigenvalue weighted by atomic mass is 10.1. The van der Waals surface area contributed by atoms with Gasteiger partial charge in [0, 0.05) is 29.4 Å². The SMILES string of the molecule is Cc1cc(N=Nc2ccc(Sc3ccc(N=Nc4ccc(O)c(C(=O)O)c4)cc3)cc2)c(N)c(N=Nc2ccc(C(=O)N(C)C)cc2)c1N. The molecule has 1 amide bonds. The number of carbonyl (C=O) groups is 2. The molecule has 0 atom stereocenters. The van der Waals surface area contributed by atoms with E-state index in [9.17, 15) is 14.7 Å². The van der Waals surface area contributed by atoms with Gasteiger partial charge in [-0.1, -0.05) is 11.8 Å². The summed E-state index contributed by atoms with van der Waals surface area (Å²) < 4.78 is 0. The van der Waals surface area contributed by atoms with Crippen molar-refractivity contribution in [3.63, 3.8) is 0 Å². The van der Waals surface area contributed by atoms with E-state index in [4.69, 9.17) is 16.6 Å². The van der Waals surface area contributed by atoms with E-state index in [1.807, 2.05) is 43.3 Å². The number of amides is 1. The standard InChI is InChI=1S/C35H31N9O4S/c1-20-18-29(32(37)33(31(20)36)43-40-22-6-4-21(5-7-22)34(46)44(2)3)42-39-24-10-15-27(16-11-24)49-26-13-8-23(9-14-26)38-41-25-12-17-30(45)28(19-25)35(47)48/h4-19,45H,36-37H2,1-3H3,(H,47,48). The largest absolute Gasteiger partial charge is 0.507 e. The minimum atomic E-state index is -1.25. The second-order valence-corrected chi connectivity index (χ2v) is 12.0. The molecule has 0 spiro atoms. The van der Waals surface area contributed by atoms with Gasteiger partial charge in [-0.3, -0.25) is 4.79 Å². The Bertz CT molecular complexity index is 2100. The van der Waals surface area contributed by atoms with Gasteiger partial charge in [0.1, 0.15) is 22.7 Å². The monoisotopic (exact) mass is 673 g/mol. The first-order valence-corrected chi connectivity index (χ1v) is 15.5. The Labute approximate surface area is 285 Å². The van der Waals surface area contributed by atoms with Gasteiger partial charge in [-0.25, -0.2) is 4.79 Å². The van der Waals surface area contributed by atoms with Gasteiger partial charge in [0.25, 0.3) is 5.91 Å². The fourth-order valence-electron chi connectivity index (χ4n) is 4.32. The number of carboxylic acid groups (broad SMARTS) is 1. The molecule has 14 heteroatoms. The number of anilines is 2. The summed E-state index contributed by atoms with van der Waals surface area (Å²) in [5, 5.41) is 44.3. The molecule has 13 nitrogen and oxygen atoms in total. The molecule has 5 aromatic carbocycles. The van der Waals surface area contributed by atoms with Gasteiger partial charge in [-0.15, -0.1) is 10.2 Å². The van der Waals surface area contributed by atoms with Crippen LogP contribution >= 0.6 is 11.8 Å². The topological polar surface area (TPSA) is 204 Å². The number of nitrogen functional groups attached to an aromatic ring is 2. The lowest BCUT2D eigenvalue weighted by Crippen LogP contribution is -2.21. The van der Waals surface area contributed by atoms with Gasteiger partial charge in [0.15, 0.2) is 0 Å². The summed E-state index contributed by atoms with van der Waals surface area (Å²) in [7, 11) is 3.37. The molecule has 0 fully saturated rings. The molecule has 6 N–H and O–H groups in total. The lowest BCUT2D eigenvalue weighted by Gasteiger charge is -2.10. The minimum Gasteiger partial charge on any atom is -0.507 e. The Morgan fingerprint density at radius 2 is 1.14 bits per heavy atom. The van der Waals surface area contributed by atoms with Crippen LogP contribution in [0.1, 0.15) is 26.3 Å². The number of nitrogens with two attached hydrogens (primary N) is 2. The highest BCUT2D eigenvalue weighted by Crippen LogP contribution is 2.41. The van der Waals surface area contributed by atoms with E-state index in [1.54, 1.807) is 68.3 Å². The highest BCUT2D eigenvalue weighted by Gasteiger charge is 2.13. The lowest BCUT2D eigenvalue weighted by molar-refractivity contribution is 0.0693. The predicted molar refractivity (Wildman–Crippen MR) is 189 cm³/mol. The Hall–Kier alpha value is -6.41. The second-order valence-electron chi connectivity index (χ2n) is 10.8. The van der Waals surface area contributed by atoms with Gasteiger partial charge in [0.2, 0.25) is 0 Å². The van der Waals surface area contributed by atoms with Crippen LogP contribution in [0.4, 0.5) is 45.5 Å². The number of aromatic hydroxyl groups is 1. The molecule has 0 heterocycles. The molecular weight excluding hydrogens is 643 g/mol. The Morgan fingerprint density at radius 1 is 0.653 bits per heavy atom. The highest BCUT2D eigenvalue weighted by atomic mass is 32.2. The van der Waals surface area contributed by atoms with Crippen LogP contribution in [0, 0.1) is 6.92 Å². The number of hydrogen-bond acceptors (Lipinski definition) is 12. The van der Waals surface area contributed by atoms with E-state index in [0.29, 0.717) is 39.7 Å². The van der Waals surface area contributed by atoms with Crippen molar-refractivity contribution in [2.24, 2.45) is 30.7 Å². The maximum Gasteiger partial charge on any atom is 0.339 e. The van der Waals surface area contributed by atoms with Crippen LogP contribution in [0.3, 0.4) is 0 Å². The average Bonchev–Trinajstić information content (AvgIpc) is 3.10. The molecule has 246 valence electrons. The van der Waals surface area contributed by atoms with Crippen molar-refractivity contribution in [3.05, 3.63) is 114 Å². The average molecular weight is 674 g/mol. The number of phenols is 1. The summed E-state index contributed by atoms with van der Waals surface area (Å²) in [5.41, 5.74) is 17.0. The number of rotatable bonds is 10. The van der Waals surface area contributed by atoms with E-state index in [1.165, 1.54) is 23.1 Å². The summed E-state index contributed by atoms with van der Waals surface area (Å²) in [6, 6.07) is 27.4. The quantitative estimate of drug-likeness (QED) is 0.0833. The van der Waals surface area contributed by atoms with Crippen LogP contribution < -0.4 is 11.5 Å². The highest BCUT2D eigenvalue weighted by molar-refractivity contribution is 7.99. The van der Waals surface area contributed by atoms with Crippen molar-refractivity contribution < 1.29 is 19.8 Å². The fraction of sp³-hybridized carbons (Fsp3) is 0.0857. The Balaban J connectivity index is 1.23. The fourth-order valence-corrected chi connectivity index (χ4v) is 5.14. The Kier molecular flexibility index (Phi) is 10.4. The van der Waals surface area contributed by atoms with Gasteiger partial charge in [0.05, 0.1) is 34.1 Å². The van der Waals surface area contributed by atoms with Crippen molar-refractivity contribution in [2.75, 3.05) is 25.6 Å². The van der Waals surface area contributed by atoms with Crippen LogP contribution in [-0.2, 0) is 0 Å². The van der Waals surface area contributed by atoms with Gasteiger partial charge >= 0.3 is 5.97 Å². The van der Waals surface area contributed by atoms with E-state index < -0.39 is 5.97 Å².